The van der Waals surface area contributed by atoms with Gasteiger partial charge >= 0.3 is 0 Å². The van der Waals surface area contributed by atoms with Crippen molar-refractivity contribution in [3.8, 4) is 0 Å². The Balaban J connectivity index is 2.32. The highest BCUT2D eigenvalue weighted by atomic mass is 35.5. The number of rotatable bonds is 5. The summed E-state index contributed by atoms with van der Waals surface area (Å²) in [6.07, 6.45) is 0. The van der Waals surface area contributed by atoms with Crippen LogP contribution < -0.4 is 4.72 Å². The smallest absolute Gasteiger partial charge is 0.254 e. The van der Waals surface area contributed by atoms with Crippen molar-refractivity contribution < 1.29 is 13.2 Å². The Labute approximate surface area is 157 Å². The van der Waals surface area contributed by atoms with Gasteiger partial charge in [0, 0.05) is 22.7 Å². The van der Waals surface area contributed by atoms with Gasteiger partial charge in [0.15, 0.2) is 0 Å². The molecular weight excluding hydrogens is 383 g/mol. The van der Waals surface area contributed by atoms with E-state index in [0.717, 1.165) is 5.56 Å². The fourth-order valence-electron chi connectivity index (χ4n) is 2.34. The minimum Gasteiger partial charge on any atom is -0.335 e. The zero-order valence-electron chi connectivity index (χ0n) is 14.0. The summed E-state index contributed by atoms with van der Waals surface area (Å²) in [6.45, 7) is 1.83. The van der Waals surface area contributed by atoms with E-state index in [-0.39, 0.29) is 22.4 Å². The molecule has 0 aliphatic carbocycles. The molecule has 0 aromatic heterocycles. The molecule has 0 heterocycles. The highest BCUT2D eigenvalue weighted by molar-refractivity contribution is 7.89. The topological polar surface area (TPSA) is 66.5 Å². The molecule has 0 unspecified atom stereocenters. The molecule has 0 aliphatic rings. The largest absolute Gasteiger partial charge is 0.335 e. The molecule has 8 heteroatoms. The fraction of sp³-hybridized carbons (Fsp3) is 0.235. The fourth-order valence-corrected chi connectivity index (χ4v) is 3.68. The Morgan fingerprint density at radius 2 is 1.84 bits per heavy atom. The number of carbonyl (C=O) groups is 1. The molecule has 0 saturated heterocycles. The van der Waals surface area contributed by atoms with Crippen LogP contribution in [0.5, 0.6) is 0 Å². The summed E-state index contributed by atoms with van der Waals surface area (Å²) in [5.74, 6) is -0.313. The van der Waals surface area contributed by atoms with Crippen LogP contribution in [0.25, 0.3) is 0 Å². The van der Waals surface area contributed by atoms with Crippen LogP contribution in [0.1, 0.15) is 28.9 Å². The maximum Gasteiger partial charge on any atom is 0.254 e. The molecule has 0 fully saturated rings. The Morgan fingerprint density at radius 3 is 2.44 bits per heavy atom. The number of halogens is 2. The molecule has 2 aromatic rings. The molecule has 0 spiro atoms. The second kappa shape index (κ2) is 7.74. The third kappa shape index (κ3) is 4.33. The summed E-state index contributed by atoms with van der Waals surface area (Å²) in [5, 5.41) is 0.978. The maximum absolute atomic E-state index is 12.7. The molecule has 2 rings (SSSR count). The summed E-state index contributed by atoms with van der Waals surface area (Å²) < 4.78 is 26.1. The molecule has 0 saturated carbocycles. The minimum absolute atomic E-state index is 0.0337. The summed E-state index contributed by atoms with van der Waals surface area (Å²) >= 11 is 12.1. The number of benzene rings is 2. The van der Waals surface area contributed by atoms with E-state index >= 15 is 0 Å². The summed E-state index contributed by atoms with van der Waals surface area (Å²) in [5.41, 5.74) is 1.02. The van der Waals surface area contributed by atoms with Crippen molar-refractivity contribution in [2.24, 2.45) is 0 Å². The van der Waals surface area contributed by atoms with E-state index in [9.17, 15) is 13.2 Å². The molecule has 2 aromatic carbocycles. The van der Waals surface area contributed by atoms with Crippen molar-refractivity contribution in [2.45, 2.75) is 17.9 Å². The Hall–Kier alpha value is -1.60. The summed E-state index contributed by atoms with van der Waals surface area (Å²) in [4.78, 5) is 14.3. The van der Waals surface area contributed by atoms with Gasteiger partial charge in [-0.15, -0.1) is 0 Å². The number of carbonyl (C=O) groups excluding carboxylic acids is 1. The normalized spacial score (nSPS) is 12.7. The van der Waals surface area contributed by atoms with Crippen LogP contribution in [-0.2, 0) is 10.0 Å². The number of nitrogens with zero attached hydrogens (tertiary/aromatic N) is 1. The highest BCUT2D eigenvalue weighted by Gasteiger charge is 2.22. The van der Waals surface area contributed by atoms with E-state index in [2.05, 4.69) is 4.72 Å². The predicted molar refractivity (Wildman–Crippen MR) is 99.7 cm³/mol. The standard InChI is InChI=1S/C17H18Cl2N2O3S/c1-11(15-8-7-13(18)10-16(15)19)21(3)17(22)12-5-4-6-14(9-12)25(23,24)20-2/h4-11,20H,1-3H3/t11-/m0/s1. The van der Waals surface area contributed by atoms with Crippen LogP contribution in [0, 0.1) is 0 Å². The zero-order valence-corrected chi connectivity index (χ0v) is 16.3. The lowest BCUT2D eigenvalue weighted by molar-refractivity contribution is 0.0742. The van der Waals surface area contributed by atoms with Gasteiger partial charge in [-0.05, 0) is 49.9 Å². The van der Waals surface area contributed by atoms with E-state index in [1.165, 1.54) is 30.1 Å². The highest BCUT2D eigenvalue weighted by Crippen LogP contribution is 2.30. The van der Waals surface area contributed by atoms with E-state index < -0.39 is 10.0 Å². The Kier molecular flexibility index (Phi) is 6.11. The van der Waals surface area contributed by atoms with E-state index in [4.69, 9.17) is 23.2 Å². The van der Waals surface area contributed by atoms with Crippen LogP contribution in [-0.4, -0.2) is 33.3 Å². The van der Waals surface area contributed by atoms with Gasteiger partial charge in [-0.3, -0.25) is 4.79 Å². The van der Waals surface area contributed by atoms with Crippen LogP contribution in [0.4, 0.5) is 0 Å². The van der Waals surface area contributed by atoms with Crippen molar-refractivity contribution in [2.75, 3.05) is 14.1 Å². The average Bonchev–Trinajstić information content (AvgIpc) is 2.60. The quantitative estimate of drug-likeness (QED) is 0.830. The first-order valence-electron chi connectivity index (χ1n) is 7.43. The van der Waals surface area contributed by atoms with Crippen LogP contribution >= 0.6 is 23.2 Å². The van der Waals surface area contributed by atoms with Crippen molar-refractivity contribution in [3.63, 3.8) is 0 Å². The number of amides is 1. The van der Waals surface area contributed by atoms with Gasteiger partial charge in [0.25, 0.3) is 5.91 Å². The van der Waals surface area contributed by atoms with Crippen molar-refractivity contribution >= 4 is 39.1 Å². The molecule has 25 heavy (non-hydrogen) atoms. The number of nitrogens with one attached hydrogen (secondary N) is 1. The third-order valence-electron chi connectivity index (χ3n) is 3.97. The molecular formula is C17H18Cl2N2O3S. The molecule has 1 amide bonds. The summed E-state index contributed by atoms with van der Waals surface area (Å²) in [7, 11) is -0.664. The van der Waals surface area contributed by atoms with Gasteiger partial charge in [0.2, 0.25) is 10.0 Å². The average molecular weight is 401 g/mol. The van der Waals surface area contributed by atoms with E-state index in [0.29, 0.717) is 10.0 Å². The molecule has 134 valence electrons. The zero-order chi connectivity index (χ0) is 18.8. The van der Waals surface area contributed by atoms with Crippen molar-refractivity contribution in [1.29, 1.82) is 0 Å². The van der Waals surface area contributed by atoms with Crippen LogP contribution in [0.15, 0.2) is 47.4 Å². The molecule has 0 bridgehead atoms. The van der Waals surface area contributed by atoms with Crippen molar-refractivity contribution in [1.82, 2.24) is 9.62 Å². The number of sulfonamides is 1. The number of hydrogen-bond donors (Lipinski definition) is 1. The molecule has 0 aliphatic heterocycles. The first-order chi connectivity index (χ1) is 11.7. The van der Waals surface area contributed by atoms with Gasteiger partial charge < -0.3 is 4.90 Å². The lowest BCUT2D eigenvalue weighted by Crippen LogP contribution is -2.30. The molecule has 5 nitrogen and oxygen atoms in total. The van der Waals surface area contributed by atoms with Gasteiger partial charge in [-0.1, -0.05) is 35.3 Å². The van der Waals surface area contributed by atoms with E-state index in [1.54, 1.807) is 31.3 Å². The summed E-state index contributed by atoms with van der Waals surface area (Å²) in [6, 6.07) is 10.7. The van der Waals surface area contributed by atoms with Crippen molar-refractivity contribution in [3.05, 3.63) is 63.6 Å². The molecule has 1 N–H and O–H groups in total. The second-order valence-electron chi connectivity index (χ2n) is 5.49. The monoisotopic (exact) mass is 400 g/mol. The van der Waals surface area contributed by atoms with Crippen LogP contribution in [0.3, 0.4) is 0 Å². The number of hydrogen-bond acceptors (Lipinski definition) is 3. The molecule has 1 atom stereocenters. The lowest BCUT2D eigenvalue weighted by Gasteiger charge is -2.26. The van der Waals surface area contributed by atoms with E-state index in [1.807, 2.05) is 6.92 Å². The van der Waals surface area contributed by atoms with Gasteiger partial charge in [0.05, 0.1) is 10.9 Å². The van der Waals surface area contributed by atoms with Gasteiger partial charge in [0.1, 0.15) is 0 Å². The van der Waals surface area contributed by atoms with Gasteiger partial charge in [-0.25, -0.2) is 13.1 Å². The van der Waals surface area contributed by atoms with Crippen LogP contribution in [0.2, 0.25) is 10.0 Å². The first kappa shape index (κ1) is 19.7. The maximum atomic E-state index is 12.7. The Bertz CT molecular complexity index is 901. The first-order valence-corrected chi connectivity index (χ1v) is 9.67. The van der Waals surface area contributed by atoms with Gasteiger partial charge in [-0.2, -0.15) is 0 Å². The minimum atomic E-state index is -3.62. The SMILES string of the molecule is CNS(=O)(=O)c1cccc(C(=O)N(C)[C@@H](C)c2ccc(Cl)cc2Cl)c1. The third-order valence-corrected chi connectivity index (χ3v) is 5.95. The predicted octanol–water partition coefficient (Wildman–Crippen LogP) is 3.73. The second-order valence-corrected chi connectivity index (χ2v) is 8.22. The Morgan fingerprint density at radius 1 is 1.16 bits per heavy atom. The molecule has 0 radical (unpaired) electrons. The lowest BCUT2D eigenvalue weighted by atomic mass is 10.1.